The van der Waals surface area contributed by atoms with E-state index in [2.05, 4.69) is 20.4 Å². The monoisotopic (exact) mass is 374 g/mol. The molecule has 1 aliphatic rings. The van der Waals surface area contributed by atoms with Gasteiger partial charge in [-0.1, -0.05) is 11.6 Å². The number of nitrogens with zero attached hydrogens (tertiary/aromatic N) is 4. The molecule has 0 unspecified atom stereocenters. The van der Waals surface area contributed by atoms with Crippen LogP contribution in [0.4, 0.5) is 10.5 Å². The van der Waals surface area contributed by atoms with Crippen molar-refractivity contribution in [3.63, 3.8) is 0 Å². The molecule has 0 aliphatic carbocycles. The van der Waals surface area contributed by atoms with Crippen molar-refractivity contribution in [1.82, 2.24) is 24.6 Å². The number of hydrogen-bond donors (Lipinski definition) is 3. The lowest BCUT2D eigenvalue weighted by molar-refractivity contribution is 0.134. The first-order valence-electron chi connectivity index (χ1n) is 8.42. The molecule has 1 saturated heterocycles. The highest BCUT2D eigenvalue weighted by Crippen LogP contribution is 2.34. The molecule has 0 spiro atoms. The SMILES string of the molecule is Cn1cc(-c2cc3c(NC4CCN(C(=O)O)CC4)c(Cl)cnc3[nH]2)cn1. The molecule has 136 valence electrons. The summed E-state index contributed by atoms with van der Waals surface area (Å²) >= 11 is 6.40. The Hall–Kier alpha value is -2.74. The molecule has 3 aromatic heterocycles. The van der Waals surface area contributed by atoms with Gasteiger partial charge in [0.2, 0.25) is 0 Å². The standard InChI is InChI=1S/C17H19ClN6O2/c1-23-9-10(7-20-23)14-6-12-15(13(18)8-19-16(12)22-14)21-11-2-4-24(5-3-11)17(25)26/h6-9,11H,2-5H2,1H3,(H,25,26)(H2,19,21,22). The quantitative estimate of drug-likeness (QED) is 0.654. The predicted molar refractivity (Wildman–Crippen MR) is 99.5 cm³/mol. The Morgan fingerprint density at radius 3 is 2.81 bits per heavy atom. The Balaban J connectivity index is 1.61. The summed E-state index contributed by atoms with van der Waals surface area (Å²) in [5.41, 5.74) is 3.48. The second-order valence-corrected chi connectivity index (χ2v) is 6.92. The van der Waals surface area contributed by atoms with E-state index in [0.717, 1.165) is 40.8 Å². The van der Waals surface area contributed by atoms with Gasteiger partial charge in [0.05, 0.1) is 28.8 Å². The molecule has 1 fully saturated rings. The zero-order chi connectivity index (χ0) is 18.3. The number of piperidine rings is 1. The van der Waals surface area contributed by atoms with Gasteiger partial charge in [-0.15, -0.1) is 0 Å². The van der Waals surface area contributed by atoms with Gasteiger partial charge in [0.15, 0.2) is 0 Å². The molecule has 0 aromatic carbocycles. The summed E-state index contributed by atoms with van der Waals surface area (Å²) in [6.07, 6.45) is 5.97. The molecule has 0 bridgehead atoms. The number of nitrogens with one attached hydrogen (secondary N) is 2. The van der Waals surface area contributed by atoms with Crippen molar-refractivity contribution in [2.24, 2.45) is 7.05 Å². The summed E-state index contributed by atoms with van der Waals surface area (Å²) in [6, 6.07) is 2.19. The normalized spacial score (nSPS) is 15.5. The first-order chi connectivity index (χ1) is 12.5. The number of carbonyl (C=O) groups is 1. The summed E-state index contributed by atoms with van der Waals surface area (Å²) < 4.78 is 1.75. The number of pyridine rings is 1. The van der Waals surface area contributed by atoms with Crippen LogP contribution in [-0.2, 0) is 7.05 Å². The number of fused-ring (bicyclic) bond motifs is 1. The van der Waals surface area contributed by atoms with Gasteiger partial charge in [0, 0.05) is 43.3 Å². The van der Waals surface area contributed by atoms with Crippen molar-refractivity contribution in [2.45, 2.75) is 18.9 Å². The van der Waals surface area contributed by atoms with E-state index in [9.17, 15) is 4.79 Å². The number of aromatic nitrogens is 4. The molecule has 0 radical (unpaired) electrons. The van der Waals surface area contributed by atoms with Gasteiger partial charge in [0.1, 0.15) is 5.65 Å². The smallest absolute Gasteiger partial charge is 0.407 e. The Morgan fingerprint density at radius 2 is 2.15 bits per heavy atom. The molecule has 0 atom stereocenters. The second kappa shape index (κ2) is 6.53. The fourth-order valence-corrected chi connectivity index (χ4v) is 3.54. The van der Waals surface area contributed by atoms with E-state index in [1.165, 1.54) is 4.90 Å². The third kappa shape index (κ3) is 3.08. The molecule has 4 rings (SSSR count). The largest absolute Gasteiger partial charge is 0.465 e. The van der Waals surface area contributed by atoms with E-state index in [0.29, 0.717) is 18.1 Å². The van der Waals surface area contributed by atoms with Crippen LogP contribution in [0.2, 0.25) is 5.02 Å². The number of rotatable bonds is 3. The van der Waals surface area contributed by atoms with Crippen LogP contribution in [0.3, 0.4) is 0 Å². The Kier molecular flexibility index (Phi) is 4.20. The summed E-state index contributed by atoms with van der Waals surface area (Å²) in [5, 5.41) is 18.2. The maximum absolute atomic E-state index is 11.1. The van der Waals surface area contributed by atoms with Crippen molar-refractivity contribution in [2.75, 3.05) is 18.4 Å². The van der Waals surface area contributed by atoms with Crippen LogP contribution in [0.5, 0.6) is 0 Å². The van der Waals surface area contributed by atoms with E-state index in [1.807, 2.05) is 19.3 Å². The van der Waals surface area contributed by atoms with E-state index in [1.54, 1.807) is 17.1 Å². The van der Waals surface area contributed by atoms with Crippen LogP contribution < -0.4 is 5.32 Å². The molecule has 3 aromatic rings. The number of aromatic amines is 1. The number of halogens is 1. The summed E-state index contributed by atoms with van der Waals surface area (Å²) in [6.45, 7) is 1.04. The van der Waals surface area contributed by atoms with Crippen LogP contribution in [0.25, 0.3) is 22.3 Å². The van der Waals surface area contributed by atoms with Crippen LogP contribution in [0.1, 0.15) is 12.8 Å². The Bertz CT molecular complexity index is 957. The third-order valence-corrected chi connectivity index (χ3v) is 5.03. The second-order valence-electron chi connectivity index (χ2n) is 6.52. The molecule has 1 amide bonds. The minimum Gasteiger partial charge on any atom is -0.465 e. The Morgan fingerprint density at radius 1 is 1.38 bits per heavy atom. The molecule has 3 N–H and O–H groups in total. The van der Waals surface area contributed by atoms with Crippen LogP contribution in [-0.4, -0.2) is 55.0 Å². The number of likely N-dealkylation sites (tertiary alicyclic amines) is 1. The fraction of sp³-hybridized carbons (Fsp3) is 0.353. The molecular weight excluding hydrogens is 356 g/mol. The van der Waals surface area contributed by atoms with Gasteiger partial charge < -0.3 is 20.3 Å². The van der Waals surface area contributed by atoms with Gasteiger partial charge in [-0.25, -0.2) is 9.78 Å². The predicted octanol–water partition coefficient (Wildman–Crippen LogP) is 3.17. The first kappa shape index (κ1) is 16.7. The lowest BCUT2D eigenvalue weighted by atomic mass is 10.0. The van der Waals surface area contributed by atoms with Crippen molar-refractivity contribution >= 4 is 34.4 Å². The Labute approximate surface area is 154 Å². The van der Waals surface area contributed by atoms with Crippen molar-refractivity contribution in [3.8, 4) is 11.3 Å². The third-order valence-electron chi connectivity index (χ3n) is 4.74. The van der Waals surface area contributed by atoms with E-state index in [-0.39, 0.29) is 6.04 Å². The maximum atomic E-state index is 11.1. The maximum Gasteiger partial charge on any atom is 0.407 e. The molecular formula is C17H19ClN6O2. The highest BCUT2D eigenvalue weighted by molar-refractivity contribution is 6.34. The lowest BCUT2D eigenvalue weighted by Gasteiger charge is -2.31. The number of H-pyrrole nitrogens is 1. The van der Waals surface area contributed by atoms with E-state index >= 15 is 0 Å². The van der Waals surface area contributed by atoms with Gasteiger partial charge >= 0.3 is 6.09 Å². The van der Waals surface area contributed by atoms with Gasteiger partial charge in [-0.3, -0.25) is 4.68 Å². The average molecular weight is 375 g/mol. The summed E-state index contributed by atoms with van der Waals surface area (Å²) in [5.74, 6) is 0. The number of hydrogen-bond acceptors (Lipinski definition) is 4. The van der Waals surface area contributed by atoms with Crippen molar-refractivity contribution in [1.29, 1.82) is 0 Å². The molecule has 1 aliphatic heterocycles. The van der Waals surface area contributed by atoms with Crippen LogP contribution >= 0.6 is 11.6 Å². The molecule has 0 saturated carbocycles. The number of aryl methyl sites for hydroxylation is 1. The number of amides is 1. The van der Waals surface area contributed by atoms with Crippen LogP contribution in [0.15, 0.2) is 24.7 Å². The highest BCUT2D eigenvalue weighted by Gasteiger charge is 2.23. The molecule has 8 nitrogen and oxygen atoms in total. The van der Waals surface area contributed by atoms with Crippen molar-refractivity contribution < 1.29 is 9.90 Å². The van der Waals surface area contributed by atoms with Crippen molar-refractivity contribution in [3.05, 3.63) is 29.7 Å². The minimum absolute atomic E-state index is 0.172. The van der Waals surface area contributed by atoms with Gasteiger partial charge in [-0.2, -0.15) is 5.10 Å². The average Bonchev–Trinajstić information content (AvgIpc) is 3.24. The molecule has 26 heavy (non-hydrogen) atoms. The van der Waals surface area contributed by atoms with Gasteiger partial charge in [0.25, 0.3) is 0 Å². The van der Waals surface area contributed by atoms with Crippen LogP contribution in [0, 0.1) is 0 Å². The number of carboxylic acid groups (broad SMARTS) is 1. The zero-order valence-corrected chi connectivity index (χ0v) is 15.0. The fourth-order valence-electron chi connectivity index (χ4n) is 3.33. The summed E-state index contributed by atoms with van der Waals surface area (Å²) in [7, 11) is 1.87. The highest BCUT2D eigenvalue weighted by atomic mass is 35.5. The molecule has 9 heteroatoms. The van der Waals surface area contributed by atoms with Gasteiger partial charge in [-0.05, 0) is 18.9 Å². The zero-order valence-electron chi connectivity index (χ0n) is 14.2. The lowest BCUT2D eigenvalue weighted by Crippen LogP contribution is -2.41. The van der Waals surface area contributed by atoms with E-state index in [4.69, 9.17) is 16.7 Å². The number of anilines is 1. The molecule has 4 heterocycles. The van der Waals surface area contributed by atoms with E-state index < -0.39 is 6.09 Å². The first-order valence-corrected chi connectivity index (χ1v) is 8.79. The topological polar surface area (TPSA) is 99.1 Å². The minimum atomic E-state index is -0.862. The summed E-state index contributed by atoms with van der Waals surface area (Å²) in [4.78, 5) is 20.2.